The number of rotatable bonds is 11. The van der Waals surface area contributed by atoms with Gasteiger partial charge in [0.05, 0.1) is 19.1 Å². The van der Waals surface area contributed by atoms with Crippen LogP contribution in [0.3, 0.4) is 0 Å². The van der Waals surface area contributed by atoms with Crippen molar-refractivity contribution in [2.24, 2.45) is 5.92 Å². The average molecular weight is 418 g/mol. The number of nitrogens with one attached hydrogen (secondary N) is 2. The first kappa shape index (κ1) is 23.7. The summed E-state index contributed by atoms with van der Waals surface area (Å²) in [5.41, 5.74) is 0.477. The van der Waals surface area contributed by atoms with Gasteiger partial charge in [-0.1, -0.05) is 26.2 Å². The Morgan fingerprint density at radius 2 is 1.83 bits per heavy atom. The lowest BCUT2D eigenvalue weighted by atomic mass is 9.97. The molecule has 7 heteroatoms. The fourth-order valence-electron chi connectivity index (χ4n) is 3.56. The monoisotopic (exact) mass is 417 g/mol. The molecule has 2 N–H and O–H groups in total. The Bertz CT molecular complexity index is 690. The second kappa shape index (κ2) is 12.9. The van der Waals surface area contributed by atoms with E-state index in [2.05, 4.69) is 17.6 Å². The summed E-state index contributed by atoms with van der Waals surface area (Å²) in [6.07, 6.45) is 6.06. The molecule has 1 saturated heterocycles. The van der Waals surface area contributed by atoms with Crippen molar-refractivity contribution in [3.63, 3.8) is 0 Å². The first-order valence-corrected chi connectivity index (χ1v) is 11.1. The Labute approximate surface area is 179 Å². The molecule has 1 atom stereocenters. The summed E-state index contributed by atoms with van der Waals surface area (Å²) in [6, 6.07) is 6.81. The molecule has 0 aliphatic carbocycles. The molecule has 1 fully saturated rings. The van der Waals surface area contributed by atoms with Gasteiger partial charge < -0.3 is 20.3 Å². The van der Waals surface area contributed by atoms with E-state index >= 15 is 0 Å². The Morgan fingerprint density at radius 3 is 2.53 bits per heavy atom. The Morgan fingerprint density at radius 1 is 1.07 bits per heavy atom. The van der Waals surface area contributed by atoms with Crippen LogP contribution in [0.5, 0.6) is 5.75 Å². The van der Waals surface area contributed by atoms with E-state index in [1.165, 1.54) is 12.8 Å². The number of amides is 3. The number of nitrogens with zero attached hydrogens (tertiary/aromatic N) is 1. The first-order valence-electron chi connectivity index (χ1n) is 11.1. The van der Waals surface area contributed by atoms with E-state index in [0.29, 0.717) is 37.6 Å². The largest absolute Gasteiger partial charge is 0.494 e. The molecule has 30 heavy (non-hydrogen) atoms. The van der Waals surface area contributed by atoms with Gasteiger partial charge in [0.1, 0.15) is 5.75 Å². The van der Waals surface area contributed by atoms with Crippen LogP contribution in [-0.4, -0.2) is 55.4 Å². The Balaban J connectivity index is 1.75. The molecule has 7 nitrogen and oxygen atoms in total. The van der Waals surface area contributed by atoms with Gasteiger partial charge in [0, 0.05) is 25.2 Å². The van der Waals surface area contributed by atoms with E-state index in [0.717, 1.165) is 25.7 Å². The van der Waals surface area contributed by atoms with Crippen molar-refractivity contribution in [2.45, 2.75) is 52.4 Å². The number of hydrogen-bond acceptors (Lipinski definition) is 4. The zero-order valence-corrected chi connectivity index (χ0v) is 18.2. The van der Waals surface area contributed by atoms with Crippen molar-refractivity contribution in [2.75, 3.05) is 32.8 Å². The van der Waals surface area contributed by atoms with Crippen molar-refractivity contribution in [1.29, 1.82) is 0 Å². The molecule has 0 saturated carbocycles. The lowest BCUT2D eigenvalue weighted by Crippen LogP contribution is -2.48. The van der Waals surface area contributed by atoms with Crippen LogP contribution >= 0.6 is 0 Å². The molecule has 3 amide bonds. The highest BCUT2D eigenvalue weighted by atomic mass is 16.5. The number of likely N-dealkylation sites (tertiary alicyclic amines) is 1. The second-order valence-electron chi connectivity index (χ2n) is 7.67. The molecule has 2 rings (SSSR count). The molecule has 1 aromatic carbocycles. The molecule has 1 unspecified atom stereocenters. The number of ether oxygens (including phenoxy) is 1. The van der Waals surface area contributed by atoms with Crippen LogP contribution in [0.15, 0.2) is 24.3 Å². The normalized spacial score (nSPS) is 16.1. The maximum absolute atomic E-state index is 12.5. The summed E-state index contributed by atoms with van der Waals surface area (Å²) in [5.74, 6) is 0.103. The minimum absolute atomic E-state index is 0.0300. The lowest BCUT2D eigenvalue weighted by molar-refractivity contribution is -0.134. The highest BCUT2D eigenvalue weighted by Crippen LogP contribution is 2.17. The Hall–Kier alpha value is -2.57. The number of carbonyl (C=O) groups excluding carboxylic acids is 3. The highest BCUT2D eigenvalue weighted by Gasteiger charge is 2.28. The van der Waals surface area contributed by atoms with Crippen molar-refractivity contribution >= 4 is 17.7 Å². The molecule has 0 radical (unpaired) electrons. The third kappa shape index (κ3) is 7.69. The fraction of sp³-hybridized carbons (Fsp3) is 0.609. The van der Waals surface area contributed by atoms with Crippen molar-refractivity contribution in [1.82, 2.24) is 15.5 Å². The van der Waals surface area contributed by atoms with Crippen LogP contribution < -0.4 is 15.4 Å². The van der Waals surface area contributed by atoms with Crippen molar-refractivity contribution < 1.29 is 19.1 Å². The standard InChI is InChI=1S/C23H35N3O4/c1-3-5-6-7-14-24-23(29)19-9-8-15-26(17-19)21(27)16-25-22(28)18-10-12-20(13-11-18)30-4-2/h10-13,19H,3-9,14-17H2,1-2H3,(H,24,29)(H,25,28). The van der Waals surface area contributed by atoms with E-state index in [9.17, 15) is 14.4 Å². The van der Waals surface area contributed by atoms with E-state index in [4.69, 9.17) is 4.74 Å². The summed E-state index contributed by atoms with van der Waals surface area (Å²) in [6.45, 7) is 6.28. The quantitative estimate of drug-likeness (QED) is 0.542. The van der Waals surface area contributed by atoms with Crippen molar-refractivity contribution in [3.8, 4) is 5.75 Å². The van der Waals surface area contributed by atoms with Crippen LogP contribution in [0.2, 0.25) is 0 Å². The number of unbranched alkanes of at least 4 members (excludes halogenated alkanes) is 3. The number of carbonyl (C=O) groups is 3. The topological polar surface area (TPSA) is 87.7 Å². The predicted molar refractivity (Wildman–Crippen MR) is 116 cm³/mol. The fourth-order valence-corrected chi connectivity index (χ4v) is 3.56. The van der Waals surface area contributed by atoms with Gasteiger partial charge in [-0.05, 0) is 50.5 Å². The van der Waals surface area contributed by atoms with E-state index in [1.54, 1.807) is 29.2 Å². The average Bonchev–Trinajstić information content (AvgIpc) is 2.77. The van der Waals surface area contributed by atoms with Gasteiger partial charge in [0.15, 0.2) is 0 Å². The molecule has 0 bridgehead atoms. The van der Waals surface area contributed by atoms with E-state index in [1.807, 2.05) is 6.92 Å². The maximum Gasteiger partial charge on any atom is 0.251 e. The lowest BCUT2D eigenvalue weighted by Gasteiger charge is -2.32. The van der Waals surface area contributed by atoms with E-state index < -0.39 is 0 Å². The van der Waals surface area contributed by atoms with Gasteiger partial charge >= 0.3 is 0 Å². The summed E-state index contributed by atoms with van der Waals surface area (Å²) in [5, 5.41) is 5.67. The van der Waals surface area contributed by atoms with Crippen LogP contribution in [0.4, 0.5) is 0 Å². The minimum Gasteiger partial charge on any atom is -0.494 e. The number of hydrogen-bond donors (Lipinski definition) is 2. The minimum atomic E-state index is -0.301. The third-order valence-corrected chi connectivity index (χ3v) is 5.30. The Kier molecular flexibility index (Phi) is 10.2. The summed E-state index contributed by atoms with van der Waals surface area (Å²) in [7, 11) is 0. The molecule has 1 heterocycles. The second-order valence-corrected chi connectivity index (χ2v) is 7.67. The molecular formula is C23H35N3O4. The van der Waals surface area contributed by atoms with Gasteiger partial charge in [0.25, 0.3) is 5.91 Å². The van der Waals surface area contributed by atoms with Crippen LogP contribution in [0.25, 0.3) is 0 Å². The molecule has 0 aromatic heterocycles. The zero-order valence-electron chi connectivity index (χ0n) is 18.2. The van der Waals surface area contributed by atoms with Crippen LogP contribution in [0, 0.1) is 5.92 Å². The first-order chi connectivity index (χ1) is 14.5. The van der Waals surface area contributed by atoms with Gasteiger partial charge in [-0.15, -0.1) is 0 Å². The van der Waals surface area contributed by atoms with Crippen molar-refractivity contribution in [3.05, 3.63) is 29.8 Å². The maximum atomic E-state index is 12.5. The van der Waals surface area contributed by atoms with Gasteiger partial charge in [-0.3, -0.25) is 14.4 Å². The molecule has 1 aliphatic heterocycles. The predicted octanol–water partition coefficient (Wildman–Crippen LogP) is 2.75. The van der Waals surface area contributed by atoms with Gasteiger partial charge in [-0.25, -0.2) is 0 Å². The summed E-state index contributed by atoms with van der Waals surface area (Å²) < 4.78 is 5.36. The van der Waals surface area contributed by atoms with E-state index in [-0.39, 0.29) is 30.2 Å². The van der Waals surface area contributed by atoms with Gasteiger partial charge in [-0.2, -0.15) is 0 Å². The highest BCUT2D eigenvalue weighted by molar-refractivity contribution is 5.96. The number of piperidine rings is 1. The molecule has 0 spiro atoms. The molecule has 166 valence electrons. The molecule has 1 aliphatic rings. The van der Waals surface area contributed by atoms with Gasteiger partial charge in [0.2, 0.25) is 11.8 Å². The SMILES string of the molecule is CCCCCCNC(=O)C1CCCN(C(=O)CNC(=O)c2ccc(OCC)cc2)C1. The molecular weight excluding hydrogens is 382 g/mol. The zero-order chi connectivity index (χ0) is 21.8. The van der Waals surface area contributed by atoms with Crippen LogP contribution in [-0.2, 0) is 9.59 Å². The molecule has 1 aromatic rings. The summed E-state index contributed by atoms with van der Waals surface area (Å²) in [4.78, 5) is 38.9. The third-order valence-electron chi connectivity index (χ3n) is 5.30. The smallest absolute Gasteiger partial charge is 0.251 e. The number of benzene rings is 1. The van der Waals surface area contributed by atoms with Crippen LogP contribution in [0.1, 0.15) is 62.7 Å². The summed E-state index contributed by atoms with van der Waals surface area (Å²) >= 11 is 0.